The molecule has 0 nitrogen and oxygen atoms in total. The number of benzene rings is 2. The van der Waals surface area contributed by atoms with Crippen LogP contribution < -0.4 is 0 Å². The van der Waals surface area contributed by atoms with Crippen molar-refractivity contribution in [2.45, 2.75) is 0 Å². The van der Waals surface area contributed by atoms with E-state index in [4.69, 9.17) is 0 Å². The first-order chi connectivity index (χ1) is 6.95. The van der Waals surface area contributed by atoms with Gasteiger partial charge in [-0.2, -0.15) is 0 Å². The van der Waals surface area contributed by atoms with Gasteiger partial charge < -0.3 is 0 Å². The van der Waals surface area contributed by atoms with Crippen LogP contribution in [0.25, 0.3) is 12.2 Å². The van der Waals surface area contributed by atoms with Crippen molar-refractivity contribution >= 4 is 31.0 Å². The van der Waals surface area contributed by atoms with Gasteiger partial charge in [-0.1, -0.05) is 72.8 Å². The molecule has 0 aromatic heterocycles. The van der Waals surface area contributed by atoms with E-state index in [2.05, 4.69) is 36.4 Å². The molecular weight excluding hydrogens is 175 g/mol. The summed E-state index contributed by atoms with van der Waals surface area (Å²) in [6.45, 7) is 0. The van der Waals surface area contributed by atoms with Crippen LogP contribution in [-0.2, 0) is 0 Å². The molecule has 2 rings (SSSR count). The number of hydrogen-bond donors (Lipinski definition) is 0. The molecule has 0 atom stereocenters. The second-order valence-corrected chi connectivity index (χ2v) is 3.15. The minimum atomic E-state index is 0. The van der Waals surface area contributed by atoms with Crippen LogP contribution in [0.5, 0.6) is 0 Å². The quantitative estimate of drug-likeness (QED) is 0.501. The normalized spacial score (nSPS) is 9.87. The van der Waals surface area contributed by atoms with E-state index in [1.54, 1.807) is 0 Å². The van der Waals surface area contributed by atoms with Crippen molar-refractivity contribution in [2.75, 3.05) is 0 Å². The first-order valence-electron chi connectivity index (χ1n) is 4.73. The molecule has 70 valence electrons. The summed E-state index contributed by atoms with van der Waals surface area (Å²) < 4.78 is 0. The summed E-state index contributed by atoms with van der Waals surface area (Å²) in [7, 11) is 0. The predicted octanol–water partition coefficient (Wildman–Crippen LogP) is 3.21. The van der Waals surface area contributed by atoms with Crippen molar-refractivity contribution in [1.29, 1.82) is 0 Å². The average molecular weight is 188 g/mol. The van der Waals surface area contributed by atoms with Crippen molar-refractivity contribution in [1.82, 2.24) is 0 Å². The van der Waals surface area contributed by atoms with E-state index < -0.39 is 0 Å². The Kier molecular flexibility index (Phi) is 4.97. The van der Waals surface area contributed by atoms with Gasteiger partial charge in [0.15, 0.2) is 0 Å². The molecule has 0 saturated heterocycles. The van der Waals surface area contributed by atoms with Crippen molar-refractivity contribution in [2.24, 2.45) is 0 Å². The summed E-state index contributed by atoms with van der Waals surface area (Å²) in [5.41, 5.74) is 2.47. The SMILES string of the molecule is C(=C\c1ccccc1)/c1ccccc1.[LiH]. The summed E-state index contributed by atoms with van der Waals surface area (Å²) in [5, 5.41) is 0. The van der Waals surface area contributed by atoms with Gasteiger partial charge in [-0.05, 0) is 11.1 Å². The zero-order valence-electron chi connectivity index (χ0n) is 7.93. The van der Waals surface area contributed by atoms with Gasteiger partial charge in [0, 0.05) is 0 Å². The fourth-order valence-corrected chi connectivity index (χ4v) is 1.32. The molecule has 2 aromatic rings. The van der Waals surface area contributed by atoms with Crippen LogP contribution in [0, 0.1) is 0 Å². The van der Waals surface area contributed by atoms with E-state index in [0.29, 0.717) is 0 Å². The van der Waals surface area contributed by atoms with Crippen LogP contribution in [0.15, 0.2) is 60.7 Å². The Bertz CT molecular complexity index is 362. The van der Waals surface area contributed by atoms with Crippen LogP contribution in [0.2, 0.25) is 0 Å². The molecule has 2 aromatic carbocycles. The summed E-state index contributed by atoms with van der Waals surface area (Å²) in [6, 6.07) is 20.6. The van der Waals surface area contributed by atoms with Gasteiger partial charge in [-0.15, -0.1) is 0 Å². The van der Waals surface area contributed by atoms with Gasteiger partial charge in [0.1, 0.15) is 0 Å². The zero-order chi connectivity index (χ0) is 9.64. The molecule has 0 aliphatic carbocycles. The van der Waals surface area contributed by atoms with Crippen LogP contribution in [-0.4, -0.2) is 18.9 Å². The molecule has 0 N–H and O–H groups in total. The fourth-order valence-electron chi connectivity index (χ4n) is 1.32. The molecule has 0 saturated carbocycles. The number of hydrogen-bond acceptors (Lipinski definition) is 0. The van der Waals surface area contributed by atoms with Crippen LogP contribution in [0.3, 0.4) is 0 Å². The third-order valence-electron chi connectivity index (χ3n) is 2.07. The topological polar surface area (TPSA) is 0 Å². The summed E-state index contributed by atoms with van der Waals surface area (Å²) >= 11 is 0. The van der Waals surface area contributed by atoms with Gasteiger partial charge in [-0.25, -0.2) is 0 Å². The van der Waals surface area contributed by atoms with E-state index in [1.165, 1.54) is 11.1 Å². The fraction of sp³-hybridized carbons (Fsp3) is 0. The third-order valence-corrected chi connectivity index (χ3v) is 2.07. The van der Waals surface area contributed by atoms with Crippen molar-refractivity contribution < 1.29 is 0 Å². The molecule has 15 heavy (non-hydrogen) atoms. The summed E-state index contributed by atoms with van der Waals surface area (Å²) in [6.07, 6.45) is 4.24. The Hall–Kier alpha value is -1.22. The van der Waals surface area contributed by atoms with Crippen molar-refractivity contribution in [3.63, 3.8) is 0 Å². The first kappa shape index (κ1) is 11.8. The molecule has 0 bridgehead atoms. The molecule has 0 spiro atoms. The molecule has 0 radical (unpaired) electrons. The van der Waals surface area contributed by atoms with Gasteiger partial charge in [0.2, 0.25) is 0 Å². The standard InChI is InChI=1S/C14H12.Li.H/c1-3-7-13(8-4-1)11-12-14-9-5-2-6-10-14;;/h1-12H;;/b12-11+;;. The van der Waals surface area contributed by atoms with E-state index >= 15 is 0 Å². The van der Waals surface area contributed by atoms with E-state index in [9.17, 15) is 0 Å². The molecule has 1 heteroatoms. The number of rotatable bonds is 2. The van der Waals surface area contributed by atoms with Crippen molar-refractivity contribution in [3.05, 3.63) is 71.8 Å². The molecule has 0 amide bonds. The van der Waals surface area contributed by atoms with E-state index in [1.807, 2.05) is 36.4 Å². The third kappa shape index (κ3) is 3.79. The zero-order valence-corrected chi connectivity index (χ0v) is 7.93. The van der Waals surface area contributed by atoms with Crippen LogP contribution in [0.4, 0.5) is 0 Å². The molecule has 0 heterocycles. The second kappa shape index (κ2) is 6.30. The molecule has 0 fully saturated rings. The second-order valence-electron chi connectivity index (χ2n) is 3.15. The maximum atomic E-state index is 2.12. The summed E-state index contributed by atoms with van der Waals surface area (Å²) in [4.78, 5) is 0. The Morgan fingerprint density at radius 1 is 0.533 bits per heavy atom. The predicted molar refractivity (Wildman–Crippen MR) is 69.0 cm³/mol. The van der Waals surface area contributed by atoms with Gasteiger partial charge in [-0.3, -0.25) is 0 Å². The summed E-state index contributed by atoms with van der Waals surface area (Å²) in [5.74, 6) is 0. The van der Waals surface area contributed by atoms with Gasteiger partial charge in [0.25, 0.3) is 0 Å². The Balaban J connectivity index is 0.00000112. The van der Waals surface area contributed by atoms with Gasteiger partial charge in [0.05, 0.1) is 0 Å². The molecule has 0 unspecified atom stereocenters. The first-order valence-corrected chi connectivity index (χ1v) is 4.73. The van der Waals surface area contributed by atoms with Crippen LogP contribution in [0.1, 0.15) is 11.1 Å². The van der Waals surface area contributed by atoms with E-state index in [-0.39, 0.29) is 18.9 Å². The maximum absolute atomic E-state index is 2.12. The molecule has 0 aliphatic heterocycles. The average Bonchev–Trinajstić information content (AvgIpc) is 2.29. The molecular formula is C14H13Li. The van der Waals surface area contributed by atoms with Crippen LogP contribution >= 0.6 is 0 Å². The van der Waals surface area contributed by atoms with Gasteiger partial charge >= 0.3 is 18.9 Å². The van der Waals surface area contributed by atoms with E-state index in [0.717, 1.165) is 0 Å². The Morgan fingerprint density at radius 2 is 0.867 bits per heavy atom. The monoisotopic (exact) mass is 188 g/mol. The molecule has 0 aliphatic rings. The Labute approximate surface area is 103 Å². The minimum absolute atomic E-state index is 0. The Morgan fingerprint density at radius 3 is 1.20 bits per heavy atom. The van der Waals surface area contributed by atoms with Crippen molar-refractivity contribution in [3.8, 4) is 0 Å².